The highest BCUT2D eigenvalue weighted by Gasteiger charge is 2.25. The summed E-state index contributed by atoms with van der Waals surface area (Å²) in [5, 5.41) is 3.08. The molecule has 0 spiro atoms. The van der Waals surface area contributed by atoms with Gasteiger partial charge in [0.1, 0.15) is 0 Å². The minimum absolute atomic E-state index is 0.458. The van der Waals surface area contributed by atoms with Gasteiger partial charge < -0.3 is 10.2 Å². The number of hydrogen-bond acceptors (Lipinski definition) is 2. The van der Waals surface area contributed by atoms with Gasteiger partial charge in [0.25, 0.3) is 0 Å². The molecule has 0 atom stereocenters. The number of halogens is 1. The molecule has 2 rings (SSSR count). The number of hydrogen-bond donors (Lipinski definition) is 1. The summed E-state index contributed by atoms with van der Waals surface area (Å²) in [5.41, 5.74) is 2.39. The van der Waals surface area contributed by atoms with Gasteiger partial charge in [-0.1, -0.05) is 17.7 Å². The highest BCUT2D eigenvalue weighted by atomic mass is 35.5. The van der Waals surface area contributed by atoms with E-state index in [2.05, 4.69) is 5.32 Å². The molecule has 1 aliphatic rings. The van der Waals surface area contributed by atoms with Gasteiger partial charge in [-0.15, -0.1) is 0 Å². The van der Waals surface area contributed by atoms with E-state index in [1.54, 1.807) is 11.0 Å². The minimum Gasteiger partial charge on any atom is -0.334 e. The van der Waals surface area contributed by atoms with E-state index in [-0.39, 0.29) is 0 Å². The van der Waals surface area contributed by atoms with Crippen LogP contribution in [0.5, 0.6) is 0 Å². The van der Waals surface area contributed by atoms with Gasteiger partial charge in [-0.2, -0.15) is 0 Å². The van der Waals surface area contributed by atoms with Gasteiger partial charge in [0, 0.05) is 13.1 Å². The molecule has 5 heteroatoms. The molecule has 1 aromatic carbocycles. The van der Waals surface area contributed by atoms with E-state index in [0.29, 0.717) is 23.8 Å². The Labute approximate surface area is 117 Å². The molecule has 1 saturated heterocycles. The molecule has 1 fully saturated rings. The van der Waals surface area contributed by atoms with Crippen LogP contribution in [0.1, 0.15) is 24.0 Å². The van der Waals surface area contributed by atoms with Crippen LogP contribution in [0.4, 0.5) is 5.69 Å². The monoisotopic (exact) mass is 280 g/mol. The van der Waals surface area contributed by atoms with Crippen molar-refractivity contribution >= 4 is 29.1 Å². The maximum atomic E-state index is 11.9. The summed E-state index contributed by atoms with van der Waals surface area (Å²) in [4.78, 5) is 25.4. The number of nitrogens with zero attached hydrogens (tertiary/aromatic N) is 1. The Morgan fingerprint density at radius 2 is 1.84 bits per heavy atom. The van der Waals surface area contributed by atoms with Crippen LogP contribution in [0, 0.1) is 13.8 Å². The summed E-state index contributed by atoms with van der Waals surface area (Å²) in [5.74, 6) is -1.09. The summed E-state index contributed by atoms with van der Waals surface area (Å²) in [6.45, 7) is 5.11. The van der Waals surface area contributed by atoms with E-state index in [1.807, 2.05) is 19.9 Å². The number of carbonyl (C=O) groups is 2. The first-order valence-electron chi connectivity index (χ1n) is 6.36. The molecule has 19 heavy (non-hydrogen) atoms. The molecule has 1 N–H and O–H groups in total. The number of benzene rings is 1. The molecule has 4 nitrogen and oxygen atoms in total. The number of carbonyl (C=O) groups excluding carboxylic acids is 2. The Balaban J connectivity index is 2.12. The number of rotatable bonds is 1. The molecule has 0 unspecified atom stereocenters. The number of likely N-dealkylation sites (tertiary alicyclic amines) is 1. The lowest BCUT2D eigenvalue weighted by Gasteiger charge is -2.16. The third kappa shape index (κ3) is 3.07. The number of nitrogens with one attached hydrogen (secondary N) is 1. The molecule has 102 valence electrons. The average molecular weight is 281 g/mol. The van der Waals surface area contributed by atoms with Gasteiger partial charge in [-0.25, -0.2) is 0 Å². The fraction of sp³-hybridized carbons (Fsp3) is 0.429. The zero-order valence-electron chi connectivity index (χ0n) is 11.1. The van der Waals surface area contributed by atoms with Crippen LogP contribution in [0.15, 0.2) is 12.1 Å². The lowest BCUT2D eigenvalue weighted by molar-refractivity contribution is -0.142. The third-order valence-electron chi connectivity index (χ3n) is 3.26. The van der Waals surface area contributed by atoms with Crippen LogP contribution in [0.3, 0.4) is 0 Å². The summed E-state index contributed by atoms with van der Waals surface area (Å²) < 4.78 is 0. The summed E-state index contributed by atoms with van der Waals surface area (Å²) in [6, 6.07) is 3.69. The van der Waals surface area contributed by atoms with Crippen molar-refractivity contribution < 1.29 is 9.59 Å². The molecule has 0 aromatic heterocycles. The van der Waals surface area contributed by atoms with Crippen molar-refractivity contribution in [2.24, 2.45) is 0 Å². The third-order valence-corrected chi connectivity index (χ3v) is 3.56. The van der Waals surface area contributed by atoms with Crippen molar-refractivity contribution in [3.63, 3.8) is 0 Å². The number of anilines is 1. The van der Waals surface area contributed by atoms with Crippen molar-refractivity contribution in [3.8, 4) is 0 Å². The minimum atomic E-state index is -0.615. The molecule has 1 aliphatic heterocycles. The maximum Gasteiger partial charge on any atom is 0.313 e. The van der Waals surface area contributed by atoms with Crippen LogP contribution < -0.4 is 5.32 Å². The Bertz CT molecular complexity index is 499. The standard InChI is InChI=1S/C14H17ClN2O2/c1-9-7-10(2)12(11(15)8-9)16-13(18)14(19)17-5-3-4-6-17/h7-8H,3-6H2,1-2H3,(H,16,18). The lowest BCUT2D eigenvalue weighted by Crippen LogP contribution is -2.37. The van der Waals surface area contributed by atoms with Crippen molar-refractivity contribution in [2.75, 3.05) is 18.4 Å². The molecule has 0 radical (unpaired) electrons. The first kappa shape index (κ1) is 13.9. The molecule has 0 saturated carbocycles. The van der Waals surface area contributed by atoms with E-state index >= 15 is 0 Å². The Morgan fingerprint density at radius 3 is 2.42 bits per heavy atom. The van der Waals surface area contributed by atoms with Crippen LogP contribution in [0.2, 0.25) is 5.02 Å². The topological polar surface area (TPSA) is 49.4 Å². The van der Waals surface area contributed by atoms with E-state index in [0.717, 1.165) is 24.0 Å². The molecule has 2 amide bonds. The maximum absolute atomic E-state index is 11.9. The Kier molecular flexibility index (Phi) is 4.10. The second-order valence-electron chi connectivity index (χ2n) is 4.89. The van der Waals surface area contributed by atoms with E-state index in [9.17, 15) is 9.59 Å². The van der Waals surface area contributed by atoms with Crippen molar-refractivity contribution in [3.05, 3.63) is 28.3 Å². The quantitative estimate of drug-likeness (QED) is 0.804. The van der Waals surface area contributed by atoms with Crippen molar-refractivity contribution in [1.82, 2.24) is 4.90 Å². The summed E-state index contributed by atoms with van der Waals surface area (Å²) >= 11 is 6.10. The largest absolute Gasteiger partial charge is 0.334 e. The Hall–Kier alpha value is -1.55. The van der Waals surface area contributed by atoms with E-state index in [1.165, 1.54) is 0 Å². The van der Waals surface area contributed by atoms with Crippen LogP contribution >= 0.6 is 11.6 Å². The summed E-state index contributed by atoms with van der Waals surface area (Å²) in [7, 11) is 0. The zero-order chi connectivity index (χ0) is 14.0. The van der Waals surface area contributed by atoms with Crippen molar-refractivity contribution in [1.29, 1.82) is 0 Å². The normalized spacial score (nSPS) is 14.6. The molecule has 1 heterocycles. The molecular formula is C14H17ClN2O2. The Morgan fingerprint density at radius 1 is 1.21 bits per heavy atom. The van der Waals surface area contributed by atoms with Gasteiger partial charge in [0.15, 0.2) is 0 Å². The summed E-state index contributed by atoms with van der Waals surface area (Å²) in [6.07, 6.45) is 1.92. The van der Waals surface area contributed by atoms with E-state index < -0.39 is 11.8 Å². The molecular weight excluding hydrogens is 264 g/mol. The second kappa shape index (κ2) is 5.61. The molecule has 0 aliphatic carbocycles. The highest BCUT2D eigenvalue weighted by molar-refractivity contribution is 6.41. The van der Waals surface area contributed by atoms with Gasteiger partial charge in [-0.05, 0) is 43.9 Å². The van der Waals surface area contributed by atoms with E-state index in [4.69, 9.17) is 11.6 Å². The average Bonchev–Trinajstić information content (AvgIpc) is 2.86. The van der Waals surface area contributed by atoms with Gasteiger partial charge in [0.05, 0.1) is 10.7 Å². The zero-order valence-corrected chi connectivity index (χ0v) is 11.9. The van der Waals surface area contributed by atoms with Gasteiger partial charge in [-0.3, -0.25) is 9.59 Å². The smallest absolute Gasteiger partial charge is 0.313 e. The van der Waals surface area contributed by atoms with Crippen LogP contribution in [-0.4, -0.2) is 29.8 Å². The second-order valence-corrected chi connectivity index (χ2v) is 5.30. The van der Waals surface area contributed by atoms with Crippen LogP contribution in [-0.2, 0) is 9.59 Å². The predicted molar refractivity (Wildman–Crippen MR) is 75.4 cm³/mol. The van der Waals surface area contributed by atoms with Gasteiger partial charge >= 0.3 is 11.8 Å². The molecule has 0 bridgehead atoms. The first-order chi connectivity index (χ1) is 8.99. The molecule has 1 aromatic rings. The van der Waals surface area contributed by atoms with Crippen LogP contribution in [0.25, 0.3) is 0 Å². The number of aryl methyl sites for hydroxylation is 2. The SMILES string of the molecule is Cc1cc(C)c(NC(=O)C(=O)N2CCCC2)c(Cl)c1. The highest BCUT2D eigenvalue weighted by Crippen LogP contribution is 2.27. The lowest BCUT2D eigenvalue weighted by atomic mass is 10.1. The fourth-order valence-corrected chi connectivity index (χ4v) is 2.67. The predicted octanol–water partition coefficient (Wildman–Crippen LogP) is 2.52. The number of amides is 2. The fourth-order valence-electron chi connectivity index (χ4n) is 2.30. The van der Waals surface area contributed by atoms with Gasteiger partial charge in [0.2, 0.25) is 0 Å². The first-order valence-corrected chi connectivity index (χ1v) is 6.74. The van der Waals surface area contributed by atoms with Crippen molar-refractivity contribution in [2.45, 2.75) is 26.7 Å².